The van der Waals surface area contributed by atoms with Gasteiger partial charge in [0.15, 0.2) is 11.3 Å². The van der Waals surface area contributed by atoms with E-state index in [1.807, 2.05) is 0 Å². The van der Waals surface area contributed by atoms with Gasteiger partial charge >= 0.3 is 6.18 Å². The van der Waals surface area contributed by atoms with Crippen molar-refractivity contribution in [2.75, 3.05) is 10.6 Å². The number of carbonyl (C=O) groups excluding carboxylic acids is 2. The van der Waals surface area contributed by atoms with Crippen LogP contribution in [0.1, 0.15) is 29.1 Å². The second-order valence-corrected chi connectivity index (χ2v) is 8.44. The minimum Gasteiger partial charge on any atom is -0.456 e. The van der Waals surface area contributed by atoms with Crippen LogP contribution in [0.3, 0.4) is 0 Å². The lowest BCUT2D eigenvalue weighted by Gasteiger charge is -2.11. The normalized spacial score (nSPS) is 13.6. The van der Waals surface area contributed by atoms with Crippen LogP contribution in [-0.4, -0.2) is 31.4 Å². The van der Waals surface area contributed by atoms with Crippen molar-refractivity contribution in [3.63, 3.8) is 0 Å². The molecule has 0 aliphatic heterocycles. The van der Waals surface area contributed by atoms with E-state index in [1.54, 1.807) is 12.1 Å². The number of fused-ring (bicyclic) bond motifs is 1. The first kappa shape index (κ1) is 23.9. The molecular formula is C21H13Cl2F3N6O4. The van der Waals surface area contributed by atoms with E-state index in [0.717, 1.165) is 12.8 Å². The highest BCUT2D eigenvalue weighted by molar-refractivity contribution is 6.34. The number of alkyl halides is 3. The van der Waals surface area contributed by atoms with Crippen LogP contribution in [0.15, 0.2) is 40.9 Å². The molecule has 3 heterocycles. The molecule has 1 aliphatic carbocycles. The van der Waals surface area contributed by atoms with Crippen LogP contribution in [-0.2, 0) is 11.0 Å². The number of carbonyl (C=O) groups is 2. The Bertz CT molecular complexity index is 1500. The molecule has 1 saturated carbocycles. The monoisotopic (exact) mass is 540 g/mol. The predicted molar refractivity (Wildman–Crippen MR) is 120 cm³/mol. The molecule has 15 heteroatoms. The number of hydrogen-bond acceptors (Lipinski definition) is 7. The van der Waals surface area contributed by atoms with Crippen molar-refractivity contribution in [2.24, 2.45) is 5.92 Å². The van der Waals surface area contributed by atoms with Crippen LogP contribution < -0.4 is 15.4 Å². The maximum absolute atomic E-state index is 13.1. The number of aromatic nitrogens is 4. The lowest BCUT2D eigenvalue weighted by atomic mass is 10.2. The summed E-state index contributed by atoms with van der Waals surface area (Å²) in [7, 11) is 0. The second-order valence-electron chi connectivity index (χ2n) is 7.71. The number of anilines is 2. The molecule has 0 atom stereocenters. The molecule has 0 spiro atoms. The van der Waals surface area contributed by atoms with Crippen LogP contribution in [0.5, 0.6) is 11.5 Å². The minimum atomic E-state index is -4.98. The van der Waals surface area contributed by atoms with Gasteiger partial charge in [0.25, 0.3) is 11.3 Å². The average molecular weight is 541 g/mol. The lowest BCUT2D eigenvalue weighted by Crippen LogP contribution is -2.18. The van der Waals surface area contributed by atoms with Gasteiger partial charge in [-0.3, -0.25) is 14.9 Å². The Hall–Kier alpha value is -3.84. The van der Waals surface area contributed by atoms with E-state index < -0.39 is 28.9 Å². The zero-order valence-corrected chi connectivity index (χ0v) is 19.3. The lowest BCUT2D eigenvalue weighted by molar-refractivity contribution is -0.153. The molecule has 4 aromatic rings. The Morgan fingerprint density at radius 1 is 1.08 bits per heavy atom. The summed E-state index contributed by atoms with van der Waals surface area (Å²) in [6.45, 7) is 0. The summed E-state index contributed by atoms with van der Waals surface area (Å²) in [5.41, 5.74) is -0.626. The van der Waals surface area contributed by atoms with Gasteiger partial charge in [0.1, 0.15) is 11.5 Å². The minimum absolute atomic E-state index is 0.00331. The average Bonchev–Trinajstić information content (AvgIpc) is 3.47. The van der Waals surface area contributed by atoms with E-state index in [0.29, 0.717) is 11.4 Å². The van der Waals surface area contributed by atoms with Gasteiger partial charge in [-0.2, -0.15) is 23.1 Å². The van der Waals surface area contributed by atoms with Gasteiger partial charge in [-0.15, -0.1) is 5.10 Å². The number of oxazole rings is 1. The summed E-state index contributed by atoms with van der Waals surface area (Å²) in [5.74, 6) is -2.33. The highest BCUT2D eigenvalue weighted by Gasteiger charge is 2.41. The molecule has 5 rings (SSSR count). The van der Waals surface area contributed by atoms with E-state index in [2.05, 4.69) is 30.1 Å². The fourth-order valence-corrected chi connectivity index (χ4v) is 3.48. The third-order valence-corrected chi connectivity index (χ3v) is 5.47. The maximum atomic E-state index is 13.1. The topological polar surface area (TPSA) is 124 Å². The maximum Gasteiger partial charge on any atom is 0.452 e. The molecule has 1 fully saturated rings. The molecule has 2 amide bonds. The summed E-state index contributed by atoms with van der Waals surface area (Å²) in [4.78, 5) is 31.9. The van der Waals surface area contributed by atoms with Gasteiger partial charge in [0.05, 0.1) is 16.9 Å². The first-order valence-corrected chi connectivity index (χ1v) is 11.0. The van der Waals surface area contributed by atoms with Gasteiger partial charge < -0.3 is 14.5 Å². The van der Waals surface area contributed by atoms with Gasteiger partial charge in [-0.1, -0.05) is 11.6 Å². The number of benzene rings is 1. The molecule has 0 bridgehead atoms. The Morgan fingerprint density at radius 3 is 2.56 bits per heavy atom. The summed E-state index contributed by atoms with van der Waals surface area (Å²) in [6, 6.07) is 7.38. The van der Waals surface area contributed by atoms with Gasteiger partial charge in [-0.25, -0.2) is 4.52 Å². The largest absolute Gasteiger partial charge is 0.456 e. The van der Waals surface area contributed by atoms with Crippen molar-refractivity contribution in [1.29, 1.82) is 0 Å². The number of nitrogens with one attached hydrogen (secondary N) is 2. The van der Waals surface area contributed by atoms with E-state index in [1.165, 1.54) is 28.9 Å². The number of nitrogens with zero attached hydrogens (tertiary/aromatic N) is 4. The number of rotatable bonds is 6. The van der Waals surface area contributed by atoms with Crippen LogP contribution in [0.4, 0.5) is 24.8 Å². The zero-order chi connectivity index (χ0) is 25.6. The van der Waals surface area contributed by atoms with Crippen molar-refractivity contribution in [3.05, 3.63) is 58.4 Å². The highest BCUT2D eigenvalue weighted by atomic mass is 35.5. The summed E-state index contributed by atoms with van der Waals surface area (Å²) >= 11 is 11.5. The van der Waals surface area contributed by atoms with E-state index >= 15 is 0 Å². The van der Waals surface area contributed by atoms with Crippen molar-refractivity contribution in [3.8, 4) is 11.5 Å². The quantitative estimate of drug-likeness (QED) is 0.334. The van der Waals surface area contributed by atoms with Crippen LogP contribution in [0.25, 0.3) is 5.65 Å². The first-order valence-electron chi connectivity index (χ1n) is 10.3. The van der Waals surface area contributed by atoms with Crippen molar-refractivity contribution < 1.29 is 31.9 Å². The third kappa shape index (κ3) is 5.06. The van der Waals surface area contributed by atoms with Crippen LogP contribution in [0.2, 0.25) is 10.4 Å². The Morgan fingerprint density at radius 2 is 1.83 bits per heavy atom. The second kappa shape index (κ2) is 8.99. The summed E-state index contributed by atoms with van der Waals surface area (Å²) in [6.07, 6.45) is -1.79. The van der Waals surface area contributed by atoms with Crippen LogP contribution >= 0.6 is 23.2 Å². The molecule has 2 N–H and O–H groups in total. The molecule has 3 aromatic heterocycles. The number of amides is 2. The molecule has 0 radical (unpaired) electrons. The standard InChI is InChI=1S/C21H13Cl2F3N6O4/c22-12-5-3-10(7-13(12)27-18(34)15-16(21(24,25)26)36-19(23)29-15)35-11-4-6-14-28-20(31-32(14)8-11)30-17(33)9-1-2-9/h3-9H,1-2H2,(H,27,34)(H,30,31,33). The number of halogens is 5. The van der Waals surface area contributed by atoms with E-state index in [4.69, 9.17) is 27.9 Å². The van der Waals surface area contributed by atoms with E-state index in [-0.39, 0.29) is 34.2 Å². The number of ether oxygens (including phenoxy) is 1. The van der Waals surface area contributed by atoms with Gasteiger partial charge in [0.2, 0.25) is 17.6 Å². The van der Waals surface area contributed by atoms with E-state index in [9.17, 15) is 22.8 Å². The van der Waals surface area contributed by atoms with Gasteiger partial charge in [0, 0.05) is 12.0 Å². The zero-order valence-electron chi connectivity index (χ0n) is 17.8. The summed E-state index contributed by atoms with van der Waals surface area (Å²) < 4.78 is 50.8. The summed E-state index contributed by atoms with van der Waals surface area (Å²) in [5, 5.41) is 8.29. The molecular weight excluding hydrogens is 528 g/mol. The number of hydrogen-bond donors (Lipinski definition) is 2. The van der Waals surface area contributed by atoms with Gasteiger partial charge in [-0.05, 0) is 48.7 Å². The fraction of sp³-hybridized carbons (Fsp3) is 0.190. The SMILES string of the molecule is O=C(Nc1cc(Oc2ccc3nc(NC(=O)C4CC4)nn3c2)ccc1Cl)c1nc(Cl)oc1C(F)(F)F. The molecule has 186 valence electrons. The Labute approximate surface area is 209 Å². The smallest absolute Gasteiger partial charge is 0.452 e. The molecule has 1 aliphatic rings. The molecule has 1 aromatic carbocycles. The number of pyridine rings is 1. The van der Waals surface area contributed by atoms with Crippen molar-refractivity contribution in [1.82, 2.24) is 19.6 Å². The van der Waals surface area contributed by atoms with Crippen molar-refractivity contribution in [2.45, 2.75) is 19.0 Å². The predicted octanol–water partition coefficient (Wildman–Crippen LogP) is 5.44. The highest BCUT2D eigenvalue weighted by Crippen LogP contribution is 2.35. The fourth-order valence-electron chi connectivity index (χ4n) is 3.16. The first-order chi connectivity index (χ1) is 17.1. The molecule has 0 saturated heterocycles. The molecule has 0 unspecified atom stereocenters. The Kier molecular flexibility index (Phi) is 5.96. The Balaban J connectivity index is 1.33. The third-order valence-electron chi connectivity index (χ3n) is 4.98. The van der Waals surface area contributed by atoms with Crippen LogP contribution in [0, 0.1) is 5.92 Å². The molecule has 10 nitrogen and oxygen atoms in total. The van der Waals surface area contributed by atoms with Crippen molar-refractivity contribution >= 4 is 52.3 Å². The molecule has 36 heavy (non-hydrogen) atoms.